The zero-order valence-corrected chi connectivity index (χ0v) is 16.8. The maximum Gasteiger partial charge on any atom is 0.310 e. The summed E-state index contributed by atoms with van der Waals surface area (Å²) in [5.74, 6) is 0.556. The Morgan fingerprint density at radius 3 is 2.24 bits per heavy atom. The van der Waals surface area contributed by atoms with E-state index in [-0.39, 0.29) is 18.8 Å². The number of ketones is 1. The standard InChI is InChI=1S/C22H23NO6/c1-13-21(15-7-5-6-8-16(15)23-13)17(24)12-29-20(25)11-14-9-18(26-2)22(28-4)19(10-14)27-3/h5-10,23H,11-12H2,1-4H3. The molecule has 0 unspecified atom stereocenters. The molecule has 0 spiro atoms. The van der Waals surface area contributed by atoms with Crippen molar-refractivity contribution in [3.63, 3.8) is 0 Å². The van der Waals surface area contributed by atoms with Gasteiger partial charge in [-0.15, -0.1) is 0 Å². The van der Waals surface area contributed by atoms with Crippen LogP contribution in [0.5, 0.6) is 17.2 Å². The molecule has 29 heavy (non-hydrogen) atoms. The summed E-state index contributed by atoms with van der Waals surface area (Å²) in [6.45, 7) is 1.50. The third kappa shape index (κ3) is 4.18. The summed E-state index contributed by atoms with van der Waals surface area (Å²) in [6.07, 6.45) is -0.0309. The van der Waals surface area contributed by atoms with Crippen LogP contribution in [-0.2, 0) is 16.0 Å². The number of methoxy groups -OCH3 is 3. The van der Waals surface area contributed by atoms with Crippen LogP contribution in [0.15, 0.2) is 36.4 Å². The summed E-state index contributed by atoms with van der Waals surface area (Å²) in [5, 5.41) is 0.815. The average Bonchev–Trinajstić information content (AvgIpc) is 3.06. The van der Waals surface area contributed by atoms with Gasteiger partial charge in [0.15, 0.2) is 18.1 Å². The van der Waals surface area contributed by atoms with Gasteiger partial charge in [0.25, 0.3) is 0 Å². The van der Waals surface area contributed by atoms with Crippen LogP contribution in [-0.4, -0.2) is 44.7 Å². The lowest BCUT2D eigenvalue weighted by molar-refractivity contribution is -0.141. The minimum Gasteiger partial charge on any atom is -0.493 e. The van der Waals surface area contributed by atoms with Gasteiger partial charge in [-0.3, -0.25) is 9.59 Å². The lowest BCUT2D eigenvalue weighted by Crippen LogP contribution is -2.16. The van der Waals surface area contributed by atoms with Crippen molar-refractivity contribution in [3.8, 4) is 17.2 Å². The lowest BCUT2D eigenvalue weighted by atomic mass is 10.1. The van der Waals surface area contributed by atoms with Crippen molar-refractivity contribution < 1.29 is 28.5 Å². The predicted molar refractivity (Wildman–Crippen MR) is 108 cm³/mol. The highest BCUT2D eigenvalue weighted by molar-refractivity contribution is 6.10. The zero-order valence-electron chi connectivity index (χ0n) is 16.8. The second kappa shape index (κ2) is 8.68. The number of rotatable bonds is 8. The molecule has 0 saturated heterocycles. The van der Waals surface area contributed by atoms with Crippen LogP contribution >= 0.6 is 0 Å². The number of aromatic nitrogens is 1. The topological polar surface area (TPSA) is 86.9 Å². The molecule has 0 fully saturated rings. The second-order valence-corrected chi connectivity index (χ2v) is 6.46. The molecule has 1 aromatic heterocycles. The summed E-state index contributed by atoms with van der Waals surface area (Å²) in [7, 11) is 4.51. The molecule has 0 aliphatic carbocycles. The molecule has 7 heteroatoms. The molecule has 1 N–H and O–H groups in total. The summed E-state index contributed by atoms with van der Waals surface area (Å²) in [5.41, 5.74) is 2.79. The van der Waals surface area contributed by atoms with Crippen molar-refractivity contribution in [1.29, 1.82) is 0 Å². The van der Waals surface area contributed by atoms with Crippen molar-refractivity contribution in [2.75, 3.05) is 27.9 Å². The second-order valence-electron chi connectivity index (χ2n) is 6.46. The molecule has 7 nitrogen and oxygen atoms in total. The Balaban J connectivity index is 1.70. The predicted octanol–water partition coefficient (Wildman–Crippen LogP) is 3.47. The van der Waals surface area contributed by atoms with Crippen molar-refractivity contribution in [2.24, 2.45) is 0 Å². The smallest absolute Gasteiger partial charge is 0.310 e. The molecular formula is C22H23NO6. The van der Waals surface area contributed by atoms with Crippen molar-refractivity contribution >= 4 is 22.7 Å². The first-order chi connectivity index (χ1) is 14.0. The Kier molecular flexibility index (Phi) is 6.07. The van der Waals surface area contributed by atoms with E-state index in [0.717, 1.165) is 16.6 Å². The van der Waals surface area contributed by atoms with Gasteiger partial charge < -0.3 is 23.9 Å². The number of para-hydroxylation sites is 1. The molecule has 2 aromatic carbocycles. The molecule has 0 amide bonds. The van der Waals surface area contributed by atoms with Crippen LogP contribution < -0.4 is 14.2 Å². The molecule has 0 bridgehead atoms. The number of esters is 1. The Morgan fingerprint density at radius 2 is 1.62 bits per heavy atom. The van der Waals surface area contributed by atoms with Gasteiger partial charge >= 0.3 is 5.97 Å². The number of benzene rings is 2. The highest BCUT2D eigenvalue weighted by Crippen LogP contribution is 2.38. The van der Waals surface area contributed by atoms with Gasteiger partial charge in [0, 0.05) is 22.2 Å². The van der Waals surface area contributed by atoms with E-state index in [1.807, 2.05) is 31.2 Å². The van der Waals surface area contributed by atoms with Gasteiger partial charge in [-0.2, -0.15) is 0 Å². The summed E-state index contributed by atoms with van der Waals surface area (Å²) in [4.78, 5) is 28.1. The number of carbonyl (C=O) groups is 2. The van der Waals surface area contributed by atoms with Crippen LogP contribution in [0.3, 0.4) is 0 Å². The van der Waals surface area contributed by atoms with E-state index in [0.29, 0.717) is 28.4 Å². The number of carbonyl (C=O) groups excluding carboxylic acids is 2. The minimum atomic E-state index is -0.523. The fourth-order valence-electron chi connectivity index (χ4n) is 3.31. The quantitative estimate of drug-likeness (QED) is 0.463. The van der Waals surface area contributed by atoms with Crippen molar-refractivity contribution in [3.05, 3.63) is 53.2 Å². The normalized spacial score (nSPS) is 10.6. The molecule has 3 rings (SSSR count). The number of hydrogen-bond acceptors (Lipinski definition) is 6. The van der Waals surface area contributed by atoms with Crippen molar-refractivity contribution in [2.45, 2.75) is 13.3 Å². The molecule has 3 aromatic rings. The van der Waals surface area contributed by atoms with Crippen LogP contribution in [0.2, 0.25) is 0 Å². The van der Waals surface area contributed by atoms with Crippen LogP contribution in [0, 0.1) is 6.92 Å². The number of ether oxygens (including phenoxy) is 4. The largest absolute Gasteiger partial charge is 0.493 e. The van der Waals surface area contributed by atoms with Crippen LogP contribution in [0.4, 0.5) is 0 Å². The van der Waals surface area contributed by atoms with E-state index in [4.69, 9.17) is 18.9 Å². The number of Topliss-reactive ketones (excluding diaryl/α,β-unsaturated/α-hetero) is 1. The third-order valence-electron chi connectivity index (χ3n) is 4.61. The number of aromatic amines is 1. The van der Waals surface area contributed by atoms with E-state index in [2.05, 4.69) is 4.98 Å². The fraction of sp³-hybridized carbons (Fsp3) is 0.273. The first-order valence-electron chi connectivity index (χ1n) is 9.03. The number of H-pyrrole nitrogens is 1. The summed E-state index contributed by atoms with van der Waals surface area (Å²) < 4.78 is 21.1. The molecule has 0 radical (unpaired) electrons. The molecule has 0 atom stereocenters. The first kappa shape index (κ1) is 20.3. The Morgan fingerprint density at radius 1 is 0.966 bits per heavy atom. The van der Waals surface area contributed by atoms with E-state index >= 15 is 0 Å². The van der Waals surface area contributed by atoms with Crippen molar-refractivity contribution in [1.82, 2.24) is 4.98 Å². The van der Waals surface area contributed by atoms with Gasteiger partial charge in [0.1, 0.15) is 0 Å². The van der Waals surface area contributed by atoms with Crippen LogP contribution in [0.1, 0.15) is 21.6 Å². The Labute approximate surface area is 168 Å². The number of fused-ring (bicyclic) bond motifs is 1. The van der Waals surface area contributed by atoms with Crippen LogP contribution in [0.25, 0.3) is 10.9 Å². The van der Waals surface area contributed by atoms with E-state index < -0.39 is 5.97 Å². The average molecular weight is 397 g/mol. The molecule has 1 heterocycles. The Bertz CT molecular complexity index is 1030. The number of aryl methyl sites for hydroxylation is 1. The maximum absolute atomic E-state index is 12.6. The van der Waals surface area contributed by atoms with Gasteiger partial charge in [-0.1, -0.05) is 18.2 Å². The summed E-state index contributed by atoms with van der Waals surface area (Å²) >= 11 is 0. The molecule has 0 aliphatic heterocycles. The van der Waals surface area contributed by atoms with Gasteiger partial charge in [-0.05, 0) is 30.7 Å². The molecule has 152 valence electrons. The Hall–Kier alpha value is -3.48. The van der Waals surface area contributed by atoms with Gasteiger partial charge in [0.05, 0.1) is 27.8 Å². The van der Waals surface area contributed by atoms with E-state index in [1.54, 1.807) is 12.1 Å². The molecule has 0 saturated carbocycles. The zero-order chi connectivity index (χ0) is 21.0. The maximum atomic E-state index is 12.6. The first-order valence-corrected chi connectivity index (χ1v) is 9.03. The summed E-state index contributed by atoms with van der Waals surface area (Å²) in [6, 6.07) is 10.9. The minimum absolute atomic E-state index is 0.0309. The monoisotopic (exact) mass is 397 g/mol. The number of hydrogen-bond donors (Lipinski definition) is 1. The SMILES string of the molecule is COc1cc(CC(=O)OCC(=O)c2c(C)[nH]c3ccccc23)cc(OC)c1OC. The highest BCUT2D eigenvalue weighted by Gasteiger charge is 2.19. The lowest BCUT2D eigenvalue weighted by Gasteiger charge is -2.14. The van der Waals surface area contributed by atoms with Gasteiger partial charge in [-0.25, -0.2) is 0 Å². The van der Waals surface area contributed by atoms with E-state index in [9.17, 15) is 9.59 Å². The van der Waals surface area contributed by atoms with Gasteiger partial charge in [0.2, 0.25) is 11.5 Å². The fourth-order valence-corrected chi connectivity index (χ4v) is 3.31. The third-order valence-corrected chi connectivity index (χ3v) is 4.61. The molecular weight excluding hydrogens is 374 g/mol. The molecule has 0 aliphatic rings. The van der Waals surface area contributed by atoms with E-state index in [1.165, 1.54) is 21.3 Å². The number of nitrogens with one attached hydrogen (secondary N) is 1. The highest BCUT2D eigenvalue weighted by atomic mass is 16.5.